The number of carboxylic acids is 1. The van der Waals surface area contributed by atoms with Crippen molar-refractivity contribution in [1.29, 1.82) is 0 Å². The molecule has 8 nitrogen and oxygen atoms in total. The van der Waals surface area contributed by atoms with Gasteiger partial charge in [0.2, 0.25) is 0 Å². The largest absolute Gasteiger partial charge is 0.482 e. The highest BCUT2D eigenvalue weighted by Gasteiger charge is 2.10. The molecule has 0 unspecified atom stereocenters. The standard InChI is InChI=1S/C20H20N4O4/c1-3-24-13(2)22-17-10-15(6-9-18(17)24)20(27)23-21-11-14-4-7-16(8-5-14)28-12-19(25)26/h4-11H,3,12H2,1-2H3,(H,23,27)(H,25,26)/b21-11+. The number of aromatic nitrogens is 2. The Balaban J connectivity index is 1.63. The van der Waals surface area contributed by atoms with E-state index in [1.807, 2.05) is 19.9 Å². The minimum atomic E-state index is -1.04. The van der Waals surface area contributed by atoms with Gasteiger partial charge in [-0.25, -0.2) is 15.2 Å². The SMILES string of the molecule is CCn1c(C)nc2cc(C(=O)N/N=C/c3ccc(OCC(=O)O)cc3)ccc21. The Labute approximate surface area is 161 Å². The molecule has 1 amide bonds. The number of amides is 1. The molecule has 1 heterocycles. The van der Waals surface area contributed by atoms with E-state index in [0.717, 1.165) is 29.0 Å². The maximum Gasteiger partial charge on any atom is 0.341 e. The lowest BCUT2D eigenvalue weighted by Crippen LogP contribution is -2.17. The first-order valence-corrected chi connectivity index (χ1v) is 8.73. The number of aryl methyl sites for hydroxylation is 2. The van der Waals surface area contributed by atoms with E-state index in [0.29, 0.717) is 11.3 Å². The van der Waals surface area contributed by atoms with E-state index in [9.17, 15) is 9.59 Å². The van der Waals surface area contributed by atoms with Gasteiger partial charge in [-0.15, -0.1) is 0 Å². The fourth-order valence-electron chi connectivity index (χ4n) is 2.82. The first-order valence-electron chi connectivity index (χ1n) is 8.73. The minimum absolute atomic E-state index is 0.330. The lowest BCUT2D eigenvalue weighted by atomic mass is 10.2. The molecule has 0 atom stereocenters. The number of carbonyl (C=O) groups is 2. The molecule has 144 valence electrons. The molecule has 0 aliphatic carbocycles. The van der Waals surface area contributed by atoms with Crippen LogP contribution in [0.3, 0.4) is 0 Å². The van der Waals surface area contributed by atoms with Crippen molar-refractivity contribution in [2.75, 3.05) is 6.61 Å². The van der Waals surface area contributed by atoms with Crippen molar-refractivity contribution in [2.24, 2.45) is 5.10 Å². The molecule has 0 saturated carbocycles. The summed E-state index contributed by atoms with van der Waals surface area (Å²) in [6.07, 6.45) is 1.49. The van der Waals surface area contributed by atoms with Crippen molar-refractivity contribution in [1.82, 2.24) is 15.0 Å². The Morgan fingerprint density at radius 3 is 2.68 bits per heavy atom. The van der Waals surface area contributed by atoms with Gasteiger partial charge in [-0.2, -0.15) is 5.10 Å². The highest BCUT2D eigenvalue weighted by atomic mass is 16.5. The van der Waals surface area contributed by atoms with E-state index in [-0.39, 0.29) is 5.91 Å². The molecule has 0 fully saturated rings. The van der Waals surface area contributed by atoms with Crippen LogP contribution in [-0.2, 0) is 11.3 Å². The minimum Gasteiger partial charge on any atom is -0.482 e. The van der Waals surface area contributed by atoms with E-state index < -0.39 is 12.6 Å². The molecule has 1 aromatic heterocycles. The Morgan fingerprint density at radius 1 is 1.25 bits per heavy atom. The predicted octanol–water partition coefficient (Wildman–Crippen LogP) is 2.59. The third-order valence-corrected chi connectivity index (χ3v) is 4.14. The number of rotatable bonds is 7. The molecule has 8 heteroatoms. The van der Waals surface area contributed by atoms with Gasteiger partial charge in [-0.05, 0) is 61.9 Å². The fourth-order valence-corrected chi connectivity index (χ4v) is 2.82. The van der Waals surface area contributed by atoms with Crippen LogP contribution in [0.5, 0.6) is 5.75 Å². The summed E-state index contributed by atoms with van der Waals surface area (Å²) in [5.41, 5.74) is 5.46. The van der Waals surface area contributed by atoms with Gasteiger partial charge in [0.05, 0.1) is 17.2 Å². The molecule has 28 heavy (non-hydrogen) atoms. The second kappa shape index (κ2) is 8.34. The quantitative estimate of drug-likeness (QED) is 0.484. The van der Waals surface area contributed by atoms with E-state index in [1.165, 1.54) is 6.21 Å². The highest BCUT2D eigenvalue weighted by Crippen LogP contribution is 2.17. The van der Waals surface area contributed by atoms with Crippen LogP contribution in [0.1, 0.15) is 28.7 Å². The third-order valence-electron chi connectivity index (χ3n) is 4.14. The van der Waals surface area contributed by atoms with Gasteiger partial charge in [-0.3, -0.25) is 4.79 Å². The zero-order valence-corrected chi connectivity index (χ0v) is 15.5. The Kier molecular flexibility index (Phi) is 5.69. The molecular weight excluding hydrogens is 360 g/mol. The number of ether oxygens (including phenoxy) is 1. The highest BCUT2D eigenvalue weighted by molar-refractivity contribution is 5.97. The number of hydrazone groups is 1. The van der Waals surface area contributed by atoms with Crippen LogP contribution >= 0.6 is 0 Å². The fraction of sp³-hybridized carbons (Fsp3) is 0.200. The summed E-state index contributed by atoms with van der Waals surface area (Å²) >= 11 is 0. The number of aliphatic carboxylic acids is 1. The second-order valence-corrected chi connectivity index (χ2v) is 6.06. The van der Waals surface area contributed by atoms with E-state index in [4.69, 9.17) is 9.84 Å². The molecule has 2 aromatic carbocycles. The number of fused-ring (bicyclic) bond motifs is 1. The van der Waals surface area contributed by atoms with Gasteiger partial charge >= 0.3 is 5.97 Å². The van der Waals surface area contributed by atoms with Gasteiger partial charge in [0.15, 0.2) is 6.61 Å². The van der Waals surface area contributed by atoms with Crippen molar-refractivity contribution in [3.63, 3.8) is 0 Å². The number of carbonyl (C=O) groups excluding carboxylic acids is 1. The summed E-state index contributed by atoms with van der Waals surface area (Å²) in [5.74, 6) is -0.0195. The molecule has 0 aliphatic rings. The maximum atomic E-state index is 12.3. The van der Waals surface area contributed by atoms with Gasteiger partial charge in [0.1, 0.15) is 11.6 Å². The number of hydrogen-bond donors (Lipinski definition) is 2. The predicted molar refractivity (Wildman–Crippen MR) is 105 cm³/mol. The molecule has 0 spiro atoms. The topological polar surface area (TPSA) is 106 Å². The molecule has 0 bridgehead atoms. The van der Waals surface area contributed by atoms with Crippen molar-refractivity contribution < 1.29 is 19.4 Å². The van der Waals surface area contributed by atoms with Crippen molar-refractivity contribution in [2.45, 2.75) is 20.4 Å². The number of carboxylic acid groups (broad SMARTS) is 1. The summed E-state index contributed by atoms with van der Waals surface area (Å²) in [7, 11) is 0. The lowest BCUT2D eigenvalue weighted by Gasteiger charge is -2.03. The summed E-state index contributed by atoms with van der Waals surface area (Å²) in [4.78, 5) is 27.3. The van der Waals surface area contributed by atoms with Gasteiger partial charge in [0.25, 0.3) is 5.91 Å². The smallest absolute Gasteiger partial charge is 0.341 e. The summed E-state index contributed by atoms with van der Waals surface area (Å²) in [6, 6.07) is 12.0. The lowest BCUT2D eigenvalue weighted by molar-refractivity contribution is -0.139. The molecular formula is C20H20N4O4. The number of hydrogen-bond acceptors (Lipinski definition) is 5. The number of nitrogens with zero attached hydrogens (tertiary/aromatic N) is 3. The number of benzene rings is 2. The Morgan fingerprint density at radius 2 is 2.00 bits per heavy atom. The maximum absolute atomic E-state index is 12.3. The van der Waals surface area contributed by atoms with Gasteiger partial charge in [0, 0.05) is 12.1 Å². The molecule has 2 N–H and O–H groups in total. The van der Waals surface area contributed by atoms with Crippen LogP contribution in [-0.4, -0.2) is 39.4 Å². The molecule has 3 rings (SSSR count). The van der Waals surface area contributed by atoms with Crippen LogP contribution in [0.4, 0.5) is 0 Å². The molecule has 0 saturated heterocycles. The summed E-state index contributed by atoms with van der Waals surface area (Å²) < 4.78 is 7.14. The van der Waals surface area contributed by atoms with Crippen LogP contribution in [0.2, 0.25) is 0 Å². The van der Waals surface area contributed by atoms with E-state index in [2.05, 4.69) is 20.1 Å². The first-order chi connectivity index (χ1) is 13.5. The summed E-state index contributed by atoms with van der Waals surface area (Å²) in [6.45, 7) is 4.40. The van der Waals surface area contributed by atoms with Crippen LogP contribution < -0.4 is 10.2 Å². The van der Waals surface area contributed by atoms with Crippen molar-refractivity contribution >= 4 is 29.1 Å². The van der Waals surface area contributed by atoms with Crippen LogP contribution in [0.15, 0.2) is 47.6 Å². The first kappa shape index (κ1) is 19.1. The third kappa shape index (κ3) is 4.35. The van der Waals surface area contributed by atoms with Gasteiger partial charge in [-0.1, -0.05) is 0 Å². The Bertz CT molecular complexity index is 1040. The number of nitrogens with one attached hydrogen (secondary N) is 1. The van der Waals surface area contributed by atoms with E-state index >= 15 is 0 Å². The normalized spacial score (nSPS) is 11.1. The van der Waals surface area contributed by atoms with Gasteiger partial charge < -0.3 is 14.4 Å². The monoisotopic (exact) mass is 380 g/mol. The average molecular weight is 380 g/mol. The molecule has 0 aliphatic heterocycles. The molecule has 0 radical (unpaired) electrons. The van der Waals surface area contributed by atoms with E-state index in [1.54, 1.807) is 36.4 Å². The number of imidazole rings is 1. The van der Waals surface area contributed by atoms with Crippen LogP contribution in [0, 0.1) is 6.92 Å². The van der Waals surface area contributed by atoms with Crippen molar-refractivity contribution in [3.05, 3.63) is 59.4 Å². The zero-order valence-electron chi connectivity index (χ0n) is 15.5. The second-order valence-electron chi connectivity index (χ2n) is 6.06. The summed E-state index contributed by atoms with van der Waals surface area (Å²) in [5, 5.41) is 12.5. The van der Waals surface area contributed by atoms with Crippen LogP contribution in [0.25, 0.3) is 11.0 Å². The average Bonchev–Trinajstić information content (AvgIpc) is 3.01. The Hall–Kier alpha value is -3.68. The molecule has 3 aromatic rings. The zero-order chi connectivity index (χ0) is 20.1. The van der Waals surface area contributed by atoms with Crippen molar-refractivity contribution in [3.8, 4) is 5.75 Å².